The van der Waals surface area contributed by atoms with Gasteiger partial charge in [-0.1, -0.05) is 19.4 Å². The smallest absolute Gasteiger partial charge is 0.125 e. The van der Waals surface area contributed by atoms with Crippen molar-refractivity contribution in [1.82, 2.24) is 0 Å². The molecule has 0 amide bonds. The first-order valence-electron chi connectivity index (χ1n) is 5.16. The molecule has 78 valence electrons. The molecule has 1 nitrogen and oxygen atoms in total. The molecule has 1 atom stereocenters. The third-order valence-electron chi connectivity index (χ3n) is 2.32. The normalized spacial score (nSPS) is 12.6. The van der Waals surface area contributed by atoms with Gasteiger partial charge in [-0.05, 0) is 38.0 Å². The molecular formula is C12H18FN. The molecule has 1 aromatic rings. The first-order valence-corrected chi connectivity index (χ1v) is 5.16. The van der Waals surface area contributed by atoms with Crippen LogP contribution >= 0.6 is 0 Å². The molecule has 0 fully saturated rings. The lowest BCUT2D eigenvalue weighted by Gasteiger charge is -2.16. The molecule has 0 aromatic heterocycles. The Kier molecular flexibility index (Phi) is 3.93. The lowest BCUT2D eigenvalue weighted by atomic mass is 10.1. The molecule has 1 aromatic carbocycles. The van der Waals surface area contributed by atoms with Gasteiger partial charge in [0.2, 0.25) is 0 Å². The molecule has 1 N–H and O–H groups in total. The Bertz CT molecular complexity index is 296. The van der Waals surface area contributed by atoms with Gasteiger partial charge >= 0.3 is 0 Å². The number of aryl methyl sites for hydroxylation is 1. The summed E-state index contributed by atoms with van der Waals surface area (Å²) in [6.45, 7) is 6.25. The SMILES string of the molecule is CCC[C@H](C)Nc1cc(F)ccc1C. The first kappa shape index (κ1) is 11.0. The second kappa shape index (κ2) is 4.99. The van der Waals surface area contributed by atoms with Crippen LogP contribution in [-0.2, 0) is 0 Å². The van der Waals surface area contributed by atoms with E-state index in [1.807, 2.05) is 6.92 Å². The minimum absolute atomic E-state index is 0.179. The molecule has 0 aliphatic heterocycles. The Morgan fingerprint density at radius 2 is 2.14 bits per heavy atom. The van der Waals surface area contributed by atoms with Crippen LogP contribution in [0.3, 0.4) is 0 Å². The maximum Gasteiger partial charge on any atom is 0.125 e. The van der Waals surface area contributed by atoms with Gasteiger partial charge in [-0.2, -0.15) is 0 Å². The molecule has 2 heteroatoms. The van der Waals surface area contributed by atoms with Crippen LogP contribution in [-0.4, -0.2) is 6.04 Å². The summed E-state index contributed by atoms with van der Waals surface area (Å²) in [5.74, 6) is -0.179. The van der Waals surface area contributed by atoms with Crippen molar-refractivity contribution in [2.75, 3.05) is 5.32 Å². The van der Waals surface area contributed by atoms with E-state index in [0.29, 0.717) is 6.04 Å². The molecule has 0 aliphatic carbocycles. The number of rotatable bonds is 4. The van der Waals surface area contributed by atoms with Gasteiger partial charge in [0, 0.05) is 11.7 Å². The average molecular weight is 195 g/mol. The van der Waals surface area contributed by atoms with Crippen LogP contribution in [0.4, 0.5) is 10.1 Å². The number of hydrogen-bond donors (Lipinski definition) is 1. The second-order valence-electron chi connectivity index (χ2n) is 3.79. The van der Waals surface area contributed by atoms with E-state index in [-0.39, 0.29) is 5.82 Å². The molecule has 0 heterocycles. The summed E-state index contributed by atoms with van der Waals surface area (Å²) in [4.78, 5) is 0. The van der Waals surface area contributed by atoms with Crippen molar-refractivity contribution in [3.63, 3.8) is 0 Å². The van der Waals surface area contributed by atoms with Crippen LogP contribution in [0.25, 0.3) is 0 Å². The number of benzene rings is 1. The van der Waals surface area contributed by atoms with Crippen molar-refractivity contribution in [2.45, 2.75) is 39.7 Å². The molecule has 0 saturated heterocycles. The molecule has 1 rings (SSSR count). The Labute approximate surface area is 85.3 Å². The highest BCUT2D eigenvalue weighted by molar-refractivity contribution is 5.51. The minimum Gasteiger partial charge on any atom is -0.382 e. The summed E-state index contributed by atoms with van der Waals surface area (Å²) in [5.41, 5.74) is 2.00. The van der Waals surface area contributed by atoms with Crippen LogP contribution < -0.4 is 5.32 Å². The molecule has 0 bridgehead atoms. The topological polar surface area (TPSA) is 12.0 Å². The van der Waals surface area contributed by atoms with E-state index in [9.17, 15) is 4.39 Å². The highest BCUT2D eigenvalue weighted by atomic mass is 19.1. The zero-order valence-electron chi connectivity index (χ0n) is 9.10. The summed E-state index contributed by atoms with van der Waals surface area (Å²) in [7, 11) is 0. The van der Waals surface area contributed by atoms with E-state index >= 15 is 0 Å². The van der Waals surface area contributed by atoms with E-state index in [1.165, 1.54) is 6.07 Å². The first-order chi connectivity index (χ1) is 6.63. The molecule has 0 spiro atoms. The van der Waals surface area contributed by atoms with Gasteiger partial charge in [0.1, 0.15) is 5.82 Å². The van der Waals surface area contributed by atoms with Crippen molar-refractivity contribution in [3.05, 3.63) is 29.6 Å². The molecular weight excluding hydrogens is 177 g/mol. The van der Waals surface area contributed by atoms with Crippen LogP contribution in [0.15, 0.2) is 18.2 Å². The third kappa shape index (κ3) is 3.02. The van der Waals surface area contributed by atoms with Crippen LogP contribution in [0, 0.1) is 12.7 Å². The molecule has 14 heavy (non-hydrogen) atoms. The summed E-state index contributed by atoms with van der Waals surface area (Å²) in [6, 6.07) is 5.25. The van der Waals surface area contributed by atoms with Gasteiger partial charge in [0.05, 0.1) is 0 Å². The van der Waals surface area contributed by atoms with Gasteiger partial charge in [-0.3, -0.25) is 0 Å². The van der Waals surface area contributed by atoms with Crippen LogP contribution in [0.2, 0.25) is 0 Å². The quantitative estimate of drug-likeness (QED) is 0.771. The standard InChI is InChI=1S/C12H18FN/c1-4-5-10(3)14-12-8-11(13)7-6-9(12)2/h6-8,10,14H,4-5H2,1-3H3/t10-/m0/s1. The Balaban J connectivity index is 2.70. The highest BCUT2D eigenvalue weighted by Crippen LogP contribution is 2.17. The van der Waals surface area contributed by atoms with Gasteiger partial charge < -0.3 is 5.32 Å². The van der Waals surface area contributed by atoms with E-state index < -0.39 is 0 Å². The van der Waals surface area contributed by atoms with Crippen molar-refractivity contribution >= 4 is 5.69 Å². The zero-order chi connectivity index (χ0) is 10.6. The third-order valence-corrected chi connectivity index (χ3v) is 2.32. The Morgan fingerprint density at radius 1 is 1.43 bits per heavy atom. The largest absolute Gasteiger partial charge is 0.382 e. The summed E-state index contributed by atoms with van der Waals surface area (Å²) < 4.78 is 12.9. The molecule has 0 unspecified atom stereocenters. The van der Waals surface area contributed by atoms with E-state index in [4.69, 9.17) is 0 Å². The van der Waals surface area contributed by atoms with Crippen molar-refractivity contribution in [1.29, 1.82) is 0 Å². The zero-order valence-corrected chi connectivity index (χ0v) is 9.10. The monoisotopic (exact) mass is 195 g/mol. The average Bonchev–Trinajstić information content (AvgIpc) is 2.12. The molecule has 0 radical (unpaired) electrons. The van der Waals surface area contributed by atoms with E-state index in [0.717, 1.165) is 24.1 Å². The fraction of sp³-hybridized carbons (Fsp3) is 0.500. The maximum absolute atomic E-state index is 12.9. The summed E-state index contributed by atoms with van der Waals surface area (Å²) in [5, 5.41) is 3.31. The fourth-order valence-corrected chi connectivity index (χ4v) is 1.52. The number of anilines is 1. The lowest BCUT2D eigenvalue weighted by Crippen LogP contribution is -2.15. The van der Waals surface area contributed by atoms with Gasteiger partial charge in [0.15, 0.2) is 0 Å². The number of hydrogen-bond acceptors (Lipinski definition) is 1. The van der Waals surface area contributed by atoms with Gasteiger partial charge in [0.25, 0.3) is 0 Å². The predicted molar refractivity (Wildman–Crippen MR) is 59.1 cm³/mol. The Morgan fingerprint density at radius 3 is 2.79 bits per heavy atom. The van der Waals surface area contributed by atoms with Crippen molar-refractivity contribution in [3.8, 4) is 0 Å². The van der Waals surface area contributed by atoms with Crippen molar-refractivity contribution < 1.29 is 4.39 Å². The van der Waals surface area contributed by atoms with Crippen molar-refractivity contribution in [2.24, 2.45) is 0 Å². The highest BCUT2D eigenvalue weighted by Gasteiger charge is 2.03. The summed E-state index contributed by atoms with van der Waals surface area (Å²) in [6.07, 6.45) is 2.25. The maximum atomic E-state index is 12.9. The van der Waals surface area contributed by atoms with E-state index in [2.05, 4.69) is 19.2 Å². The Hall–Kier alpha value is -1.05. The predicted octanol–water partition coefficient (Wildman–Crippen LogP) is 3.73. The molecule has 0 saturated carbocycles. The second-order valence-corrected chi connectivity index (χ2v) is 3.79. The fourth-order valence-electron chi connectivity index (χ4n) is 1.52. The minimum atomic E-state index is -0.179. The van der Waals surface area contributed by atoms with Gasteiger partial charge in [-0.25, -0.2) is 4.39 Å². The van der Waals surface area contributed by atoms with Crippen LogP contribution in [0.1, 0.15) is 32.3 Å². The van der Waals surface area contributed by atoms with Gasteiger partial charge in [-0.15, -0.1) is 0 Å². The molecule has 0 aliphatic rings. The van der Waals surface area contributed by atoms with E-state index in [1.54, 1.807) is 12.1 Å². The van der Waals surface area contributed by atoms with Crippen LogP contribution in [0.5, 0.6) is 0 Å². The number of halogens is 1. The number of nitrogens with one attached hydrogen (secondary N) is 1. The summed E-state index contributed by atoms with van der Waals surface area (Å²) >= 11 is 0. The lowest BCUT2D eigenvalue weighted by molar-refractivity contribution is 0.626.